The van der Waals surface area contributed by atoms with E-state index in [0.717, 1.165) is 17.8 Å². The third-order valence-electron chi connectivity index (χ3n) is 3.62. The molecule has 1 unspecified atom stereocenters. The van der Waals surface area contributed by atoms with E-state index in [4.69, 9.17) is 0 Å². The van der Waals surface area contributed by atoms with Crippen LogP contribution in [0, 0.1) is 11.8 Å². The Morgan fingerprint density at radius 3 is 2.80 bits per heavy atom. The van der Waals surface area contributed by atoms with E-state index in [2.05, 4.69) is 23.6 Å². The predicted molar refractivity (Wildman–Crippen MR) is 75.2 cm³/mol. The summed E-state index contributed by atoms with van der Waals surface area (Å²) in [6, 6.07) is 0. The van der Waals surface area contributed by atoms with Crippen molar-refractivity contribution < 1.29 is 17.9 Å². The Hall–Kier alpha value is -0.990. The highest BCUT2D eigenvalue weighted by Crippen LogP contribution is 2.31. The van der Waals surface area contributed by atoms with E-state index in [1.807, 2.05) is 0 Å². The maximum absolute atomic E-state index is 12.6. The van der Waals surface area contributed by atoms with Gasteiger partial charge in [-0.2, -0.15) is 4.31 Å². The van der Waals surface area contributed by atoms with Crippen LogP contribution >= 0.6 is 11.3 Å². The lowest BCUT2D eigenvalue weighted by atomic mass is 9.96. The minimum absolute atomic E-state index is 0.0197. The average molecular weight is 318 g/mol. The first kappa shape index (κ1) is 15.4. The van der Waals surface area contributed by atoms with Crippen LogP contribution in [0.3, 0.4) is 0 Å². The molecule has 2 heterocycles. The number of aromatic nitrogens is 1. The van der Waals surface area contributed by atoms with E-state index in [0.29, 0.717) is 24.9 Å². The molecule has 0 aliphatic carbocycles. The molecule has 1 saturated heterocycles. The highest BCUT2D eigenvalue weighted by molar-refractivity contribution is 7.91. The summed E-state index contributed by atoms with van der Waals surface area (Å²) >= 11 is 0.955. The summed E-state index contributed by atoms with van der Waals surface area (Å²) < 4.78 is 31.2. The first-order valence-electron chi connectivity index (χ1n) is 6.40. The summed E-state index contributed by atoms with van der Waals surface area (Å²) in [7, 11) is -2.45. The molecule has 1 fully saturated rings. The predicted octanol–water partition coefficient (Wildman–Crippen LogP) is 1.60. The number of nitrogens with zero attached hydrogens (tertiary/aromatic N) is 2. The van der Waals surface area contributed by atoms with Gasteiger partial charge >= 0.3 is 5.97 Å². The minimum Gasteiger partial charge on any atom is -0.464 e. The summed E-state index contributed by atoms with van der Waals surface area (Å²) in [5, 5.41) is 0. The third-order valence-corrected chi connectivity index (χ3v) is 6.83. The molecule has 1 aliphatic rings. The van der Waals surface area contributed by atoms with E-state index in [1.165, 1.54) is 16.9 Å². The summed E-state index contributed by atoms with van der Waals surface area (Å²) in [5.41, 5.74) is 1.24. The van der Waals surface area contributed by atoms with Crippen LogP contribution in [0.25, 0.3) is 0 Å². The molecule has 1 aromatic heterocycles. The molecule has 1 atom stereocenters. The number of methoxy groups -OCH3 is 1. The molecular weight excluding hydrogens is 300 g/mol. The van der Waals surface area contributed by atoms with Crippen molar-refractivity contribution in [3.63, 3.8) is 0 Å². The van der Waals surface area contributed by atoms with Crippen molar-refractivity contribution in [2.75, 3.05) is 20.2 Å². The molecule has 0 spiro atoms. The van der Waals surface area contributed by atoms with Crippen molar-refractivity contribution in [3.8, 4) is 0 Å². The molecular formula is C12H18N2O4S2. The number of carbonyl (C=O) groups is 1. The van der Waals surface area contributed by atoms with Crippen molar-refractivity contribution in [2.45, 2.75) is 24.5 Å². The Kier molecular flexibility index (Phi) is 4.46. The van der Waals surface area contributed by atoms with Crippen LogP contribution in [0.15, 0.2) is 9.72 Å². The molecule has 0 bridgehead atoms. The number of rotatable bonds is 4. The van der Waals surface area contributed by atoms with Crippen molar-refractivity contribution >= 4 is 27.3 Å². The SMILES string of the molecule is COC(=O)c1ncsc1S(=O)(=O)N1CCC(C(C)C)C1. The number of sulfonamides is 1. The van der Waals surface area contributed by atoms with E-state index in [-0.39, 0.29) is 9.90 Å². The average Bonchev–Trinajstić information content (AvgIpc) is 3.06. The van der Waals surface area contributed by atoms with Gasteiger partial charge in [-0.15, -0.1) is 11.3 Å². The number of thiazole rings is 1. The molecule has 8 heteroatoms. The van der Waals surface area contributed by atoms with Crippen molar-refractivity contribution in [2.24, 2.45) is 11.8 Å². The van der Waals surface area contributed by atoms with Gasteiger partial charge in [-0.1, -0.05) is 13.8 Å². The van der Waals surface area contributed by atoms with E-state index in [9.17, 15) is 13.2 Å². The molecule has 0 N–H and O–H groups in total. The highest BCUT2D eigenvalue weighted by Gasteiger charge is 2.37. The van der Waals surface area contributed by atoms with Gasteiger partial charge in [0.2, 0.25) is 0 Å². The van der Waals surface area contributed by atoms with E-state index < -0.39 is 16.0 Å². The van der Waals surface area contributed by atoms with Gasteiger partial charge in [0.1, 0.15) is 0 Å². The van der Waals surface area contributed by atoms with Gasteiger partial charge in [0.15, 0.2) is 9.90 Å². The van der Waals surface area contributed by atoms with Crippen LogP contribution in [0.1, 0.15) is 30.8 Å². The van der Waals surface area contributed by atoms with Crippen LogP contribution in [0.4, 0.5) is 0 Å². The maximum Gasteiger partial charge on any atom is 0.358 e. The fourth-order valence-electron chi connectivity index (χ4n) is 2.28. The Labute approximate surface area is 122 Å². The lowest BCUT2D eigenvalue weighted by Crippen LogP contribution is -2.30. The second kappa shape index (κ2) is 5.79. The van der Waals surface area contributed by atoms with Crippen LogP contribution < -0.4 is 0 Å². The number of hydrogen-bond donors (Lipinski definition) is 0. The van der Waals surface area contributed by atoms with E-state index >= 15 is 0 Å². The normalized spacial score (nSPS) is 20.5. The summed E-state index contributed by atoms with van der Waals surface area (Å²) in [4.78, 5) is 15.4. The van der Waals surface area contributed by atoms with Crippen LogP contribution in [0.2, 0.25) is 0 Å². The molecule has 112 valence electrons. The van der Waals surface area contributed by atoms with Crippen LogP contribution in [-0.4, -0.2) is 43.9 Å². The van der Waals surface area contributed by atoms with Gasteiger partial charge < -0.3 is 4.74 Å². The fourth-order valence-corrected chi connectivity index (χ4v) is 5.07. The summed E-state index contributed by atoms with van der Waals surface area (Å²) in [6.45, 7) is 5.17. The number of esters is 1. The van der Waals surface area contributed by atoms with Crippen LogP contribution in [-0.2, 0) is 14.8 Å². The smallest absolute Gasteiger partial charge is 0.358 e. The van der Waals surface area contributed by atoms with Crippen molar-refractivity contribution in [1.29, 1.82) is 0 Å². The molecule has 1 aromatic rings. The largest absolute Gasteiger partial charge is 0.464 e. The number of ether oxygens (including phenoxy) is 1. The van der Waals surface area contributed by atoms with E-state index in [1.54, 1.807) is 0 Å². The standard InChI is InChI=1S/C12H18N2O4S2/c1-8(2)9-4-5-14(6-9)20(16,17)12-10(11(15)18-3)13-7-19-12/h7-9H,4-6H2,1-3H3. The Morgan fingerprint density at radius 1 is 1.55 bits per heavy atom. The number of hydrogen-bond acceptors (Lipinski definition) is 6. The van der Waals surface area contributed by atoms with Gasteiger partial charge in [-0.3, -0.25) is 0 Å². The lowest BCUT2D eigenvalue weighted by molar-refractivity contribution is 0.0590. The van der Waals surface area contributed by atoms with Gasteiger partial charge in [0.05, 0.1) is 12.6 Å². The first-order chi connectivity index (χ1) is 9.37. The second-order valence-corrected chi connectivity index (χ2v) is 8.12. The monoisotopic (exact) mass is 318 g/mol. The van der Waals surface area contributed by atoms with Gasteiger partial charge in [0, 0.05) is 13.1 Å². The molecule has 0 aromatic carbocycles. The second-order valence-electron chi connectivity index (χ2n) is 5.14. The summed E-state index contributed by atoms with van der Waals surface area (Å²) in [6.07, 6.45) is 0.850. The first-order valence-corrected chi connectivity index (χ1v) is 8.71. The van der Waals surface area contributed by atoms with Gasteiger partial charge in [0.25, 0.3) is 10.0 Å². The Balaban J connectivity index is 2.28. The van der Waals surface area contributed by atoms with Crippen molar-refractivity contribution in [1.82, 2.24) is 9.29 Å². The molecule has 2 rings (SSSR count). The zero-order chi connectivity index (χ0) is 14.9. The van der Waals surface area contributed by atoms with Gasteiger partial charge in [-0.05, 0) is 18.3 Å². The minimum atomic E-state index is -3.66. The molecule has 0 saturated carbocycles. The molecule has 6 nitrogen and oxygen atoms in total. The zero-order valence-electron chi connectivity index (χ0n) is 11.7. The van der Waals surface area contributed by atoms with Crippen molar-refractivity contribution in [3.05, 3.63) is 11.2 Å². The maximum atomic E-state index is 12.6. The molecule has 1 aliphatic heterocycles. The Bertz CT molecular complexity index is 594. The molecule has 0 amide bonds. The lowest BCUT2D eigenvalue weighted by Gasteiger charge is -2.17. The number of carbonyl (C=O) groups excluding carboxylic acids is 1. The molecule has 0 radical (unpaired) electrons. The summed E-state index contributed by atoms with van der Waals surface area (Å²) in [5.74, 6) is 0.0837. The highest BCUT2D eigenvalue weighted by atomic mass is 32.2. The quantitative estimate of drug-likeness (QED) is 0.788. The fraction of sp³-hybridized carbons (Fsp3) is 0.667. The third kappa shape index (κ3) is 2.72. The van der Waals surface area contributed by atoms with Crippen LogP contribution in [0.5, 0.6) is 0 Å². The van der Waals surface area contributed by atoms with Gasteiger partial charge in [-0.25, -0.2) is 18.2 Å². The molecule has 20 heavy (non-hydrogen) atoms. The Morgan fingerprint density at radius 2 is 2.25 bits per heavy atom. The topological polar surface area (TPSA) is 76.6 Å². The zero-order valence-corrected chi connectivity index (χ0v) is 13.3.